The van der Waals surface area contributed by atoms with Gasteiger partial charge in [0.1, 0.15) is 11.6 Å². The van der Waals surface area contributed by atoms with Gasteiger partial charge in [0.2, 0.25) is 0 Å². The molecule has 0 aliphatic carbocycles. The lowest BCUT2D eigenvalue weighted by Crippen LogP contribution is -2.45. The Labute approximate surface area is 137 Å². The summed E-state index contributed by atoms with van der Waals surface area (Å²) in [5.41, 5.74) is 2.06. The molecule has 1 saturated heterocycles. The Morgan fingerprint density at radius 2 is 1.61 bits per heavy atom. The molecule has 0 bridgehead atoms. The molecule has 122 valence electrons. The second kappa shape index (κ2) is 7.57. The second-order valence-corrected chi connectivity index (χ2v) is 6.00. The third kappa shape index (κ3) is 4.30. The van der Waals surface area contributed by atoms with Crippen LogP contribution in [-0.2, 0) is 13.1 Å². The van der Waals surface area contributed by atoms with Gasteiger partial charge < -0.3 is 4.74 Å². The molecular weight excluding hydrogens is 291 g/mol. The maximum atomic E-state index is 13.7. The van der Waals surface area contributed by atoms with E-state index in [0.717, 1.165) is 44.0 Å². The summed E-state index contributed by atoms with van der Waals surface area (Å²) in [6, 6.07) is 15.3. The first kappa shape index (κ1) is 16.0. The van der Waals surface area contributed by atoms with Crippen LogP contribution < -0.4 is 4.74 Å². The molecule has 1 heterocycles. The number of halogens is 1. The molecule has 0 N–H and O–H groups in total. The molecule has 2 aromatic rings. The number of ether oxygens (including phenoxy) is 1. The normalized spacial score (nSPS) is 16.4. The number of nitrogens with zero attached hydrogens (tertiary/aromatic N) is 2. The van der Waals surface area contributed by atoms with Crippen LogP contribution in [0.1, 0.15) is 11.1 Å². The summed E-state index contributed by atoms with van der Waals surface area (Å²) in [6.45, 7) is 5.58. The highest BCUT2D eigenvalue weighted by molar-refractivity contribution is 5.28. The molecule has 2 aromatic carbocycles. The van der Waals surface area contributed by atoms with E-state index in [4.69, 9.17) is 4.74 Å². The molecule has 0 atom stereocenters. The van der Waals surface area contributed by atoms with Crippen molar-refractivity contribution in [1.29, 1.82) is 0 Å². The summed E-state index contributed by atoms with van der Waals surface area (Å²) in [5, 5.41) is 0. The van der Waals surface area contributed by atoms with Crippen molar-refractivity contribution in [2.75, 3.05) is 33.3 Å². The molecule has 1 aliphatic rings. The zero-order chi connectivity index (χ0) is 16.1. The van der Waals surface area contributed by atoms with Crippen molar-refractivity contribution in [2.45, 2.75) is 13.1 Å². The van der Waals surface area contributed by atoms with E-state index in [1.807, 2.05) is 24.3 Å². The van der Waals surface area contributed by atoms with Gasteiger partial charge in [-0.25, -0.2) is 4.39 Å². The zero-order valence-corrected chi connectivity index (χ0v) is 13.5. The molecule has 0 aromatic heterocycles. The van der Waals surface area contributed by atoms with Crippen LogP contribution in [0.3, 0.4) is 0 Å². The lowest BCUT2D eigenvalue weighted by molar-refractivity contribution is 0.121. The molecule has 3 nitrogen and oxygen atoms in total. The van der Waals surface area contributed by atoms with Gasteiger partial charge in [-0.2, -0.15) is 0 Å². The van der Waals surface area contributed by atoms with Crippen molar-refractivity contribution in [2.24, 2.45) is 0 Å². The van der Waals surface area contributed by atoms with Gasteiger partial charge in [0.05, 0.1) is 7.11 Å². The van der Waals surface area contributed by atoms with Gasteiger partial charge in [-0.05, 0) is 23.8 Å². The van der Waals surface area contributed by atoms with Crippen LogP contribution in [0.2, 0.25) is 0 Å². The summed E-state index contributed by atoms with van der Waals surface area (Å²) in [4.78, 5) is 4.76. The standard InChI is InChI=1S/C19H23FN2O/c1-23-18-7-4-5-16(13-18)14-21-9-11-22(12-10-21)15-17-6-2-3-8-19(17)20/h2-8,13H,9-12,14-15H2,1H3. The Kier molecular flexibility index (Phi) is 5.26. The Balaban J connectivity index is 1.51. The van der Waals surface area contributed by atoms with Gasteiger partial charge in [0.25, 0.3) is 0 Å². The van der Waals surface area contributed by atoms with E-state index in [0.29, 0.717) is 6.54 Å². The number of benzene rings is 2. The number of hydrogen-bond acceptors (Lipinski definition) is 3. The minimum absolute atomic E-state index is 0.105. The quantitative estimate of drug-likeness (QED) is 0.843. The van der Waals surface area contributed by atoms with E-state index < -0.39 is 0 Å². The van der Waals surface area contributed by atoms with Crippen molar-refractivity contribution in [1.82, 2.24) is 9.80 Å². The van der Waals surface area contributed by atoms with Crippen molar-refractivity contribution >= 4 is 0 Å². The Morgan fingerprint density at radius 3 is 2.30 bits per heavy atom. The molecule has 0 amide bonds. The van der Waals surface area contributed by atoms with E-state index in [2.05, 4.69) is 21.9 Å². The van der Waals surface area contributed by atoms with Crippen LogP contribution in [0.25, 0.3) is 0 Å². The van der Waals surface area contributed by atoms with E-state index in [1.54, 1.807) is 13.2 Å². The topological polar surface area (TPSA) is 15.7 Å². The Bertz CT molecular complexity index is 639. The third-order valence-electron chi connectivity index (χ3n) is 4.36. The highest BCUT2D eigenvalue weighted by Crippen LogP contribution is 2.16. The van der Waals surface area contributed by atoms with E-state index in [9.17, 15) is 4.39 Å². The second-order valence-electron chi connectivity index (χ2n) is 6.00. The lowest BCUT2D eigenvalue weighted by Gasteiger charge is -2.34. The first-order valence-corrected chi connectivity index (χ1v) is 8.05. The first-order valence-electron chi connectivity index (χ1n) is 8.05. The first-order chi connectivity index (χ1) is 11.2. The van der Waals surface area contributed by atoms with Crippen LogP contribution in [0.15, 0.2) is 48.5 Å². The average Bonchev–Trinajstić information content (AvgIpc) is 2.59. The average molecular weight is 314 g/mol. The highest BCUT2D eigenvalue weighted by atomic mass is 19.1. The Morgan fingerprint density at radius 1 is 0.913 bits per heavy atom. The van der Waals surface area contributed by atoms with Crippen LogP contribution >= 0.6 is 0 Å². The molecule has 0 radical (unpaired) electrons. The number of hydrogen-bond donors (Lipinski definition) is 0. The number of methoxy groups -OCH3 is 1. The molecule has 0 saturated carbocycles. The minimum Gasteiger partial charge on any atom is -0.497 e. The number of piperazine rings is 1. The predicted octanol–water partition coefficient (Wildman–Crippen LogP) is 3.15. The molecule has 1 aliphatic heterocycles. The lowest BCUT2D eigenvalue weighted by atomic mass is 10.1. The van der Waals surface area contributed by atoms with Gasteiger partial charge in [-0.1, -0.05) is 30.3 Å². The smallest absolute Gasteiger partial charge is 0.127 e. The largest absolute Gasteiger partial charge is 0.497 e. The molecule has 0 spiro atoms. The molecule has 23 heavy (non-hydrogen) atoms. The molecule has 1 fully saturated rings. The summed E-state index contributed by atoms with van der Waals surface area (Å²) in [7, 11) is 1.70. The summed E-state index contributed by atoms with van der Waals surface area (Å²) in [5.74, 6) is 0.798. The SMILES string of the molecule is COc1cccc(CN2CCN(Cc3ccccc3F)CC2)c1. The van der Waals surface area contributed by atoms with Crippen LogP contribution in [0.4, 0.5) is 4.39 Å². The van der Waals surface area contributed by atoms with Gasteiger partial charge in [-0.3, -0.25) is 9.80 Å². The molecular formula is C19H23FN2O. The summed E-state index contributed by atoms with van der Waals surface area (Å²) >= 11 is 0. The van der Waals surface area contributed by atoms with Crippen molar-refractivity contribution in [3.63, 3.8) is 0 Å². The maximum absolute atomic E-state index is 13.7. The van der Waals surface area contributed by atoms with Crippen molar-refractivity contribution < 1.29 is 9.13 Å². The fraction of sp³-hybridized carbons (Fsp3) is 0.368. The van der Waals surface area contributed by atoms with Gasteiger partial charge in [-0.15, -0.1) is 0 Å². The van der Waals surface area contributed by atoms with Crippen LogP contribution in [0, 0.1) is 5.82 Å². The van der Waals surface area contributed by atoms with E-state index in [1.165, 1.54) is 11.6 Å². The fourth-order valence-corrected chi connectivity index (χ4v) is 3.00. The van der Waals surface area contributed by atoms with E-state index >= 15 is 0 Å². The van der Waals surface area contributed by atoms with Gasteiger partial charge >= 0.3 is 0 Å². The summed E-state index contributed by atoms with van der Waals surface area (Å²) < 4.78 is 19.0. The van der Waals surface area contributed by atoms with E-state index in [-0.39, 0.29) is 5.82 Å². The molecule has 4 heteroatoms. The predicted molar refractivity (Wildman–Crippen MR) is 89.9 cm³/mol. The monoisotopic (exact) mass is 314 g/mol. The van der Waals surface area contributed by atoms with Gasteiger partial charge in [0.15, 0.2) is 0 Å². The summed E-state index contributed by atoms with van der Waals surface area (Å²) in [6.07, 6.45) is 0. The van der Waals surface area contributed by atoms with Crippen LogP contribution in [0.5, 0.6) is 5.75 Å². The van der Waals surface area contributed by atoms with Gasteiger partial charge in [0, 0.05) is 44.8 Å². The number of rotatable bonds is 5. The maximum Gasteiger partial charge on any atom is 0.127 e. The molecule has 3 rings (SSSR count). The molecule has 0 unspecified atom stereocenters. The van der Waals surface area contributed by atoms with Crippen molar-refractivity contribution in [3.8, 4) is 5.75 Å². The Hall–Kier alpha value is -1.91. The highest BCUT2D eigenvalue weighted by Gasteiger charge is 2.18. The minimum atomic E-state index is -0.105. The zero-order valence-electron chi connectivity index (χ0n) is 13.5. The van der Waals surface area contributed by atoms with Crippen LogP contribution in [-0.4, -0.2) is 43.1 Å². The third-order valence-corrected chi connectivity index (χ3v) is 4.36. The van der Waals surface area contributed by atoms with Crippen molar-refractivity contribution in [3.05, 3.63) is 65.5 Å². The fourth-order valence-electron chi connectivity index (χ4n) is 3.00.